The van der Waals surface area contributed by atoms with E-state index in [4.69, 9.17) is 39.4 Å². The van der Waals surface area contributed by atoms with Gasteiger partial charge in [0.1, 0.15) is 6.04 Å². The van der Waals surface area contributed by atoms with Gasteiger partial charge < -0.3 is 16.2 Å². The quantitative estimate of drug-likeness (QED) is 0.358. The van der Waals surface area contributed by atoms with Gasteiger partial charge in [-0.15, -0.1) is 0 Å². The van der Waals surface area contributed by atoms with E-state index in [9.17, 15) is 14.4 Å². The number of nitrogens with zero attached hydrogens (tertiary/aromatic N) is 3. The lowest BCUT2D eigenvalue weighted by Gasteiger charge is -2.10. The SMILES string of the molecule is CC.CC.NCCCC(N)C(=O)OCn1c(=NC(=O)c2ccc(Cl)cc2)sn(Cc2ccc(Cl)cc2)c1=O. The van der Waals surface area contributed by atoms with Gasteiger partial charge in [0.15, 0.2) is 6.73 Å². The summed E-state index contributed by atoms with van der Waals surface area (Å²) in [5, 5.41) is 1.04. The third-order valence-corrected chi connectivity index (χ3v) is 6.24. The Morgan fingerprint density at radius 1 is 1.00 bits per heavy atom. The van der Waals surface area contributed by atoms with Gasteiger partial charge in [0.2, 0.25) is 4.80 Å². The zero-order chi connectivity index (χ0) is 28.7. The van der Waals surface area contributed by atoms with Crippen LogP contribution in [-0.2, 0) is 22.8 Å². The topological polar surface area (TPSA) is 135 Å². The maximum Gasteiger partial charge on any atom is 0.342 e. The first kappa shape index (κ1) is 33.3. The van der Waals surface area contributed by atoms with Crippen LogP contribution in [0.2, 0.25) is 10.0 Å². The van der Waals surface area contributed by atoms with E-state index < -0.39 is 30.3 Å². The Hall–Kier alpha value is -2.76. The first-order valence-corrected chi connectivity index (χ1v) is 13.8. The molecule has 0 saturated heterocycles. The van der Waals surface area contributed by atoms with Gasteiger partial charge in [-0.3, -0.25) is 9.59 Å². The van der Waals surface area contributed by atoms with Gasteiger partial charge in [-0.2, -0.15) is 4.99 Å². The Balaban J connectivity index is 0.00000172. The molecule has 0 saturated carbocycles. The van der Waals surface area contributed by atoms with E-state index in [1.54, 1.807) is 36.4 Å². The van der Waals surface area contributed by atoms with Crippen LogP contribution < -0.4 is 22.0 Å². The first-order chi connectivity index (χ1) is 18.3. The summed E-state index contributed by atoms with van der Waals surface area (Å²) in [5.74, 6) is -1.25. The Labute approximate surface area is 236 Å². The molecule has 0 aliphatic heterocycles. The maximum absolute atomic E-state index is 13.1. The Bertz CT molecular complexity index is 1270. The van der Waals surface area contributed by atoms with Crippen LogP contribution in [0.3, 0.4) is 0 Å². The summed E-state index contributed by atoms with van der Waals surface area (Å²) in [7, 11) is 0. The molecular formula is C26H35Cl2N5O4S. The van der Waals surface area contributed by atoms with Gasteiger partial charge in [0, 0.05) is 15.6 Å². The second-order valence-corrected chi connectivity index (χ2v) is 9.16. The van der Waals surface area contributed by atoms with Crippen molar-refractivity contribution in [3.63, 3.8) is 0 Å². The fourth-order valence-corrected chi connectivity index (χ4v) is 4.08. The number of aromatic nitrogens is 2. The number of benzene rings is 2. The highest BCUT2D eigenvalue weighted by molar-refractivity contribution is 7.03. The molecule has 3 rings (SSSR count). The zero-order valence-corrected chi connectivity index (χ0v) is 24.4. The highest BCUT2D eigenvalue weighted by Gasteiger charge is 2.17. The monoisotopic (exact) mass is 583 g/mol. The summed E-state index contributed by atoms with van der Waals surface area (Å²) >= 11 is 12.8. The highest BCUT2D eigenvalue weighted by atomic mass is 35.5. The molecule has 208 valence electrons. The van der Waals surface area contributed by atoms with E-state index in [1.807, 2.05) is 27.7 Å². The molecule has 1 amide bonds. The molecule has 4 N–H and O–H groups in total. The molecule has 2 aromatic carbocycles. The van der Waals surface area contributed by atoms with Crippen molar-refractivity contribution < 1.29 is 14.3 Å². The molecule has 1 atom stereocenters. The summed E-state index contributed by atoms with van der Waals surface area (Å²) in [6.07, 6.45) is 0.919. The largest absolute Gasteiger partial charge is 0.442 e. The molecule has 0 aliphatic carbocycles. The fraction of sp³-hybridized carbons (Fsp3) is 0.385. The first-order valence-electron chi connectivity index (χ1n) is 12.3. The van der Waals surface area contributed by atoms with Crippen LogP contribution in [0.5, 0.6) is 0 Å². The van der Waals surface area contributed by atoms with Crippen molar-refractivity contribution in [1.29, 1.82) is 0 Å². The van der Waals surface area contributed by atoms with Crippen LogP contribution in [-0.4, -0.2) is 33.0 Å². The second kappa shape index (κ2) is 17.7. The summed E-state index contributed by atoms with van der Waals surface area (Å²) in [6, 6.07) is 12.3. The third-order valence-electron chi connectivity index (χ3n) is 4.75. The minimum absolute atomic E-state index is 0.0715. The number of rotatable bonds is 9. The van der Waals surface area contributed by atoms with E-state index >= 15 is 0 Å². The van der Waals surface area contributed by atoms with Gasteiger partial charge >= 0.3 is 11.7 Å². The van der Waals surface area contributed by atoms with E-state index in [0.29, 0.717) is 35.0 Å². The summed E-state index contributed by atoms with van der Waals surface area (Å²) in [5.41, 5.74) is 11.9. The van der Waals surface area contributed by atoms with Crippen molar-refractivity contribution >= 4 is 46.6 Å². The van der Waals surface area contributed by atoms with Crippen LogP contribution in [0.25, 0.3) is 0 Å². The number of carbonyl (C=O) groups is 2. The number of hydrogen-bond donors (Lipinski definition) is 2. The minimum atomic E-state index is -0.866. The van der Waals surface area contributed by atoms with Crippen molar-refractivity contribution in [3.05, 3.63) is 85.0 Å². The third kappa shape index (κ3) is 10.2. The molecular weight excluding hydrogens is 549 g/mol. The molecule has 1 heterocycles. The van der Waals surface area contributed by atoms with Gasteiger partial charge in [0.05, 0.1) is 6.54 Å². The van der Waals surface area contributed by atoms with Gasteiger partial charge in [-0.1, -0.05) is 63.0 Å². The molecule has 0 aliphatic rings. The number of amides is 1. The predicted octanol–water partition coefficient (Wildman–Crippen LogP) is 4.43. The van der Waals surface area contributed by atoms with Crippen LogP contribution >= 0.6 is 34.7 Å². The lowest BCUT2D eigenvalue weighted by Crippen LogP contribution is -2.37. The van der Waals surface area contributed by atoms with E-state index in [1.165, 1.54) is 16.1 Å². The van der Waals surface area contributed by atoms with Crippen molar-refractivity contribution in [2.75, 3.05) is 6.54 Å². The average Bonchev–Trinajstić information content (AvgIpc) is 3.22. The lowest BCUT2D eigenvalue weighted by molar-refractivity contribution is -0.149. The average molecular weight is 585 g/mol. The van der Waals surface area contributed by atoms with Crippen molar-refractivity contribution in [3.8, 4) is 0 Å². The molecule has 0 spiro atoms. The van der Waals surface area contributed by atoms with Crippen LogP contribution in [0, 0.1) is 0 Å². The van der Waals surface area contributed by atoms with Crippen LogP contribution in [0.1, 0.15) is 56.5 Å². The van der Waals surface area contributed by atoms with E-state index in [2.05, 4.69) is 4.99 Å². The molecule has 3 aromatic rings. The Morgan fingerprint density at radius 3 is 2.11 bits per heavy atom. The smallest absolute Gasteiger partial charge is 0.342 e. The number of nitrogens with two attached hydrogens (primary N) is 2. The van der Waals surface area contributed by atoms with Gasteiger partial charge in [0.25, 0.3) is 5.91 Å². The Morgan fingerprint density at radius 2 is 1.55 bits per heavy atom. The zero-order valence-electron chi connectivity index (χ0n) is 22.0. The molecule has 38 heavy (non-hydrogen) atoms. The van der Waals surface area contributed by atoms with Crippen LogP contribution in [0.4, 0.5) is 0 Å². The number of ether oxygens (including phenoxy) is 1. The molecule has 0 fully saturated rings. The molecule has 1 aromatic heterocycles. The van der Waals surface area contributed by atoms with E-state index in [-0.39, 0.29) is 11.3 Å². The summed E-state index contributed by atoms with van der Waals surface area (Å²) in [6.45, 7) is 8.17. The number of halogens is 2. The molecule has 12 heteroatoms. The summed E-state index contributed by atoms with van der Waals surface area (Å²) in [4.78, 5) is 42.1. The van der Waals surface area contributed by atoms with Crippen molar-refractivity contribution in [1.82, 2.24) is 8.52 Å². The normalized spacial score (nSPS) is 11.5. The molecule has 9 nitrogen and oxygen atoms in total. The standard InChI is InChI=1S/C22H23Cl2N5O4S.2C2H6/c23-16-7-3-14(4-8-16)12-29-22(32)28(13-33-20(31)18(26)2-1-11-25)21(34-29)27-19(30)15-5-9-17(24)10-6-15;2*1-2/h3-10,18H,1-2,11-13,25-26H2;2*1-2H3. The molecule has 0 bridgehead atoms. The van der Waals surface area contributed by atoms with Gasteiger partial charge in [-0.25, -0.2) is 13.3 Å². The van der Waals surface area contributed by atoms with Crippen molar-refractivity contribution in [2.45, 2.75) is 59.9 Å². The summed E-state index contributed by atoms with van der Waals surface area (Å²) < 4.78 is 7.75. The number of carbonyl (C=O) groups excluding carboxylic acids is 2. The minimum Gasteiger partial charge on any atom is -0.442 e. The number of esters is 1. The number of hydrogen-bond acceptors (Lipinski definition) is 7. The van der Waals surface area contributed by atoms with E-state index in [0.717, 1.165) is 21.7 Å². The van der Waals surface area contributed by atoms with Gasteiger partial charge in [-0.05, 0) is 72.9 Å². The maximum atomic E-state index is 13.1. The fourth-order valence-electron chi connectivity index (χ4n) is 2.88. The van der Waals surface area contributed by atoms with Crippen molar-refractivity contribution in [2.24, 2.45) is 16.5 Å². The lowest BCUT2D eigenvalue weighted by atomic mass is 10.2. The highest BCUT2D eigenvalue weighted by Crippen LogP contribution is 2.12. The Kier molecular flexibility index (Phi) is 15.5. The van der Waals surface area contributed by atoms with Crippen LogP contribution in [0.15, 0.2) is 58.3 Å². The second-order valence-electron chi connectivity index (χ2n) is 7.30. The molecule has 0 radical (unpaired) electrons. The predicted molar refractivity (Wildman–Crippen MR) is 154 cm³/mol. The molecule has 1 unspecified atom stereocenters.